The summed E-state index contributed by atoms with van der Waals surface area (Å²) < 4.78 is 28.8. The van der Waals surface area contributed by atoms with E-state index < -0.39 is 46.8 Å². The first-order valence-electron chi connectivity index (χ1n) is 32.7. The number of rotatable bonds is 12. The first kappa shape index (κ1) is 81.2. The lowest BCUT2D eigenvalue weighted by atomic mass is 9.78. The van der Waals surface area contributed by atoms with Crippen molar-refractivity contribution in [2.75, 3.05) is 18.8 Å². The smallest absolute Gasteiger partial charge is 0.438 e. The molecule has 4 aromatic carbocycles. The van der Waals surface area contributed by atoms with Gasteiger partial charge < -0.3 is 63.2 Å². The number of hydrogen-bond acceptors (Lipinski definition) is 19. The van der Waals surface area contributed by atoms with Crippen molar-refractivity contribution < 1.29 is 38.6 Å². The summed E-state index contributed by atoms with van der Waals surface area (Å²) in [4.78, 5) is 97.6. The number of aryl methyl sites for hydroxylation is 3. The maximum absolute atomic E-state index is 13.3. The summed E-state index contributed by atoms with van der Waals surface area (Å²) in [6.45, 7) is 20.2. The van der Waals surface area contributed by atoms with Crippen molar-refractivity contribution in [3.05, 3.63) is 255 Å². The Hall–Kier alpha value is -9.12. The van der Waals surface area contributed by atoms with E-state index in [-0.39, 0.29) is 40.4 Å². The van der Waals surface area contributed by atoms with E-state index in [0.717, 1.165) is 39.5 Å². The zero-order chi connectivity index (χ0) is 75.8. The van der Waals surface area contributed by atoms with Crippen LogP contribution in [0.4, 0.5) is 15.4 Å². The highest BCUT2D eigenvalue weighted by molar-refractivity contribution is 6.62. The Kier molecular flexibility index (Phi) is 27.5. The number of amides is 2. The number of halogens is 4. The van der Waals surface area contributed by atoms with Gasteiger partial charge in [-0.2, -0.15) is 0 Å². The normalized spacial score (nSPS) is 18.0. The summed E-state index contributed by atoms with van der Waals surface area (Å²) in [7, 11) is 4.52. The Labute approximate surface area is 617 Å². The minimum Gasteiger partial charge on any atom is -0.438 e. The molecule has 12 rings (SSSR count). The van der Waals surface area contributed by atoms with Crippen molar-refractivity contribution in [2.24, 2.45) is 21.1 Å². The van der Waals surface area contributed by atoms with E-state index in [4.69, 9.17) is 70.9 Å². The zero-order valence-corrected chi connectivity index (χ0v) is 62.6. The third-order valence-corrected chi connectivity index (χ3v) is 18.1. The van der Waals surface area contributed by atoms with Gasteiger partial charge in [-0.3, -0.25) is 19.2 Å². The third kappa shape index (κ3) is 22.9. The van der Waals surface area contributed by atoms with E-state index in [2.05, 4.69) is 34.9 Å². The molecule has 0 unspecified atom stereocenters. The summed E-state index contributed by atoms with van der Waals surface area (Å²) in [5.74, 6) is 0.384. The molecule has 9 aromatic rings. The SMILES string of the molecule is C[C@@H](c1ccc(-c2cn(C)c(=O)cn2)cc1)N1CC[C@](CC(C)(C)O)(c2ccccc2)OC1=O.C[C@@H](c1ccc(B2OC(C)(C)C(C)(C)O2)cc1)N1CC[C@](CC(C)(C)O)(c2ccccc2)OC1=O.Cn1cc(Cl)ncc1=O.Cn1cc(Cl)ncc1=O.Nc1cnc(Cl)cn1.O=c1cnc(Cl)c[nH]1. The average Bonchev–Trinajstić information content (AvgIpc) is 1.17. The molecule has 0 saturated carbocycles. The lowest BCUT2D eigenvalue weighted by molar-refractivity contribution is -0.102. The van der Waals surface area contributed by atoms with Crippen LogP contribution in [0.15, 0.2) is 190 Å². The van der Waals surface area contributed by atoms with Gasteiger partial charge in [0.25, 0.3) is 22.2 Å². The molecule has 546 valence electrons. The molecule has 5 N–H and O–H groups in total. The molecule has 3 fully saturated rings. The predicted octanol–water partition coefficient (Wildman–Crippen LogP) is 11.4. The fourth-order valence-electron chi connectivity index (χ4n) is 11.2. The Morgan fingerprint density at radius 1 is 0.524 bits per heavy atom. The van der Waals surface area contributed by atoms with Crippen molar-refractivity contribution in [3.8, 4) is 11.3 Å². The van der Waals surface area contributed by atoms with Gasteiger partial charge in [0.1, 0.15) is 37.6 Å². The van der Waals surface area contributed by atoms with Crippen LogP contribution in [-0.2, 0) is 51.1 Å². The Morgan fingerprint density at radius 2 is 0.922 bits per heavy atom. The van der Waals surface area contributed by atoms with Crippen LogP contribution in [-0.4, -0.2) is 123 Å². The molecule has 3 saturated heterocycles. The zero-order valence-electron chi connectivity index (χ0n) is 59.6. The molecular formula is C73H86BCl4N13O12. The van der Waals surface area contributed by atoms with Gasteiger partial charge in [-0.05, 0) is 97.0 Å². The fourth-order valence-corrected chi connectivity index (χ4v) is 11.8. The van der Waals surface area contributed by atoms with Crippen LogP contribution in [0.3, 0.4) is 0 Å². The van der Waals surface area contributed by atoms with Crippen LogP contribution < -0.4 is 33.4 Å². The maximum Gasteiger partial charge on any atom is 0.494 e. The number of carbonyl (C=O) groups is 2. The molecule has 0 bridgehead atoms. The number of anilines is 1. The first-order valence-corrected chi connectivity index (χ1v) is 34.2. The van der Waals surface area contributed by atoms with Gasteiger partial charge in [-0.15, -0.1) is 0 Å². The molecule has 4 atom stereocenters. The molecule has 25 nitrogen and oxygen atoms in total. The minimum atomic E-state index is -0.991. The molecule has 0 radical (unpaired) electrons. The van der Waals surface area contributed by atoms with Crippen molar-refractivity contribution in [2.45, 2.75) is 141 Å². The van der Waals surface area contributed by atoms with Gasteiger partial charge in [0, 0.05) is 90.3 Å². The van der Waals surface area contributed by atoms with Crippen LogP contribution >= 0.6 is 46.4 Å². The van der Waals surface area contributed by atoms with Crippen molar-refractivity contribution in [1.29, 1.82) is 0 Å². The summed E-state index contributed by atoms with van der Waals surface area (Å²) in [6.07, 6.45) is 14.6. The second-order valence-electron chi connectivity index (χ2n) is 27.1. The van der Waals surface area contributed by atoms with Crippen molar-refractivity contribution >= 4 is 77.0 Å². The van der Waals surface area contributed by atoms with Gasteiger partial charge in [-0.1, -0.05) is 156 Å². The van der Waals surface area contributed by atoms with Crippen LogP contribution in [0.25, 0.3) is 11.3 Å². The largest absolute Gasteiger partial charge is 0.494 e. The van der Waals surface area contributed by atoms with E-state index in [9.17, 15) is 39.0 Å². The summed E-state index contributed by atoms with van der Waals surface area (Å²) in [5, 5.41) is 22.5. The second kappa shape index (κ2) is 34.9. The van der Waals surface area contributed by atoms with Crippen molar-refractivity contribution in [1.82, 2.24) is 58.4 Å². The van der Waals surface area contributed by atoms with Crippen molar-refractivity contribution in [3.63, 3.8) is 0 Å². The molecular weight excluding hydrogens is 1400 g/mol. The number of aromatic amines is 1. The summed E-state index contributed by atoms with van der Waals surface area (Å²) >= 11 is 21.6. The number of nitrogens with zero attached hydrogens (tertiary/aromatic N) is 11. The minimum absolute atomic E-state index is 0.153. The summed E-state index contributed by atoms with van der Waals surface area (Å²) in [5.41, 5.74) is 6.35. The van der Waals surface area contributed by atoms with E-state index in [1.807, 2.05) is 151 Å². The lowest BCUT2D eigenvalue weighted by Crippen LogP contribution is -2.51. The third-order valence-electron chi connectivity index (χ3n) is 17.3. The highest BCUT2D eigenvalue weighted by Crippen LogP contribution is 2.44. The summed E-state index contributed by atoms with van der Waals surface area (Å²) in [6, 6.07) is 34.9. The number of cyclic esters (lactones) is 2. The Balaban J connectivity index is 0.000000198. The number of benzene rings is 4. The molecule has 3 aliphatic rings. The van der Waals surface area contributed by atoms with Gasteiger partial charge in [0.15, 0.2) is 0 Å². The highest BCUT2D eigenvalue weighted by atomic mass is 35.5. The number of carbonyl (C=O) groups excluding carboxylic acids is 2. The fraction of sp³-hybridized carbons (Fsp3) is 0.370. The number of nitrogens with one attached hydrogen (secondary N) is 1. The number of ether oxygens (including phenoxy) is 2. The standard InChI is InChI=1S/C28H38BNO5.C27H31N3O4.2C5H5ClN2O.C4H4ClN3.C4H3ClN2O/c1-20(21-13-15-23(16-14-21)29-34-26(4,5)27(6,7)35-29)30-18-17-28(33-24(30)31,19-25(2,3)32)22-11-9-8-10-12-22;1-19(20-10-12-21(13-11-20)23-17-29(4)24(31)16-28-23)30-15-14-27(34-25(30)32,18-26(2,3)33)22-8-6-5-7-9-22;2*1-8-3-4(6)7-2-5(8)9;5-3-1-8-4(6)2-7-3;5-3-1-7-4(8)2-6-3/h8-16,20,32H,17-19H2,1-7H3;5-13,16-17,19,33H,14-15,18H2,1-4H3;2*2-3H,1H3;1-2H,(H2,6,8);1-2H,(H,7,8)/t20-,28-;19-,27-;;;;/m00..../s1. The quantitative estimate of drug-likeness (QED) is 0.0826. The molecule has 0 spiro atoms. The Bertz CT molecular complexity index is 4430. The average molecular weight is 1490 g/mol. The number of aliphatic hydroxyl groups is 2. The van der Waals surface area contributed by atoms with Crippen LogP contribution in [0, 0.1) is 0 Å². The number of nitrogen functional groups attached to an aromatic ring is 1. The van der Waals surface area contributed by atoms with E-state index in [1.54, 1.807) is 64.8 Å². The molecule has 103 heavy (non-hydrogen) atoms. The van der Waals surface area contributed by atoms with Gasteiger partial charge >= 0.3 is 19.3 Å². The lowest BCUT2D eigenvalue weighted by Gasteiger charge is -2.45. The van der Waals surface area contributed by atoms with Crippen LogP contribution in [0.1, 0.15) is 129 Å². The van der Waals surface area contributed by atoms with Gasteiger partial charge in [-0.25, -0.2) is 39.5 Å². The molecule has 30 heteroatoms. The highest BCUT2D eigenvalue weighted by Gasteiger charge is 2.52. The number of aromatic nitrogens is 10. The number of hydrogen-bond donors (Lipinski definition) is 4. The Morgan fingerprint density at radius 3 is 1.26 bits per heavy atom. The topological polar surface area (TPSA) is 320 Å². The number of nitrogens with two attached hydrogens (primary N) is 1. The monoisotopic (exact) mass is 1490 g/mol. The molecule has 3 aliphatic heterocycles. The molecule has 2 amide bonds. The van der Waals surface area contributed by atoms with E-state index in [0.29, 0.717) is 70.9 Å². The second-order valence-corrected chi connectivity index (χ2v) is 28.6. The van der Waals surface area contributed by atoms with Gasteiger partial charge in [0.2, 0.25) is 0 Å². The van der Waals surface area contributed by atoms with Crippen LogP contribution in [0.5, 0.6) is 0 Å². The molecule has 5 aromatic heterocycles. The molecule has 0 aliphatic carbocycles. The predicted molar refractivity (Wildman–Crippen MR) is 398 cm³/mol. The number of H-pyrrole nitrogens is 1. The maximum atomic E-state index is 13.3. The first-order chi connectivity index (χ1) is 48.3. The molecule has 8 heterocycles. The van der Waals surface area contributed by atoms with Crippen LogP contribution in [0.2, 0.25) is 20.6 Å². The van der Waals surface area contributed by atoms with E-state index in [1.165, 1.54) is 63.3 Å². The van der Waals surface area contributed by atoms with Gasteiger partial charge in [0.05, 0.1) is 77.4 Å². The van der Waals surface area contributed by atoms with E-state index >= 15 is 0 Å².